The number of aromatic amines is 1. The summed E-state index contributed by atoms with van der Waals surface area (Å²) in [5.74, 6) is 0.0629. The maximum Gasteiger partial charge on any atom is 0.256 e. The van der Waals surface area contributed by atoms with E-state index in [1.54, 1.807) is 11.9 Å². The Morgan fingerprint density at radius 2 is 2.17 bits per heavy atom. The summed E-state index contributed by atoms with van der Waals surface area (Å²) < 4.78 is 1.49. The third-order valence-electron chi connectivity index (χ3n) is 4.66. The quantitative estimate of drug-likeness (QED) is 0.775. The maximum atomic E-state index is 12.7. The number of nitrogens with one attached hydrogen (secondary N) is 1. The summed E-state index contributed by atoms with van der Waals surface area (Å²) in [5.41, 5.74) is 3.48. The minimum absolute atomic E-state index is 0.0104. The topological polar surface area (TPSA) is 71.0 Å². The van der Waals surface area contributed by atoms with Gasteiger partial charge in [0.05, 0.1) is 25.0 Å². The first-order valence-corrected chi connectivity index (χ1v) is 7.99. The van der Waals surface area contributed by atoms with Crippen LogP contribution in [0.4, 0.5) is 0 Å². The molecule has 0 spiro atoms. The molecule has 2 aromatic heterocycles. The number of hydrogen-bond donors (Lipinski definition) is 1. The van der Waals surface area contributed by atoms with Crippen molar-refractivity contribution in [1.29, 1.82) is 0 Å². The third kappa shape index (κ3) is 2.40. The van der Waals surface area contributed by atoms with Crippen molar-refractivity contribution in [2.75, 3.05) is 6.54 Å². The molecule has 0 saturated heterocycles. The van der Waals surface area contributed by atoms with Crippen molar-refractivity contribution in [3.8, 4) is 0 Å². The van der Waals surface area contributed by atoms with E-state index >= 15 is 0 Å². The Hall–Kier alpha value is -2.89. The number of amides is 1. The third-order valence-corrected chi connectivity index (χ3v) is 4.66. The second-order valence-electron chi connectivity index (χ2n) is 6.19. The first-order valence-electron chi connectivity index (χ1n) is 7.99. The molecule has 0 radical (unpaired) electrons. The van der Waals surface area contributed by atoms with Crippen LogP contribution in [0, 0.1) is 0 Å². The van der Waals surface area contributed by atoms with Crippen molar-refractivity contribution in [3.05, 3.63) is 64.0 Å². The van der Waals surface area contributed by atoms with Gasteiger partial charge >= 0.3 is 0 Å². The van der Waals surface area contributed by atoms with E-state index in [0.29, 0.717) is 25.9 Å². The molecule has 1 amide bonds. The fraction of sp³-hybridized carbons (Fsp3) is 0.278. The minimum Gasteiger partial charge on any atom is -0.361 e. The van der Waals surface area contributed by atoms with Crippen LogP contribution in [0.25, 0.3) is 10.9 Å². The number of benzene rings is 1. The van der Waals surface area contributed by atoms with E-state index in [0.717, 1.165) is 27.7 Å². The number of para-hydroxylation sites is 1. The Kier molecular flexibility index (Phi) is 3.45. The second-order valence-corrected chi connectivity index (χ2v) is 6.19. The highest BCUT2D eigenvalue weighted by Crippen LogP contribution is 2.20. The van der Waals surface area contributed by atoms with Crippen LogP contribution in [0.15, 0.2) is 41.6 Å². The van der Waals surface area contributed by atoms with Crippen LogP contribution in [-0.2, 0) is 31.2 Å². The van der Waals surface area contributed by atoms with Crippen LogP contribution in [0.2, 0.25) is 0 Å². The fourth-order valence-electron chi connectivity index (χ4n) is 3.28. The van der Waals surface area contributed by atoms with Crippen molar-refractivity contribution in [2.24, 2.45) is 7.05 Å². The Balaban J connectivity index is 1.55. The predicted molar refractivity (Wildman–Crippen MR) is 90.6 cm³/mol. The summed E-state index contributed by atoms with van der Waals surface area (Å²) in [6.07, 6.45) is 4.34. The smallest absolute Gasteiger partial charge is 0.256 e. The molecule has 1 N–H and O–H groups in total. The van der Waals surface area contributed by atoms with Crippen LogP contribution >= 0.6 is 0 Å². The van der Waals surface area contributed by atoms with E-state index in [9.17, 15) is 9.59 Å². The average molecular weight is 322 g/mol. The van der Waals surface area contributed by atoms with Gasteiger partial charge in [0, 0.05) is 36.3 Å². The molecule has 24 heavy (non-hydrogen) atoms. The first kappa shape index (κ1) is 14.7. The molecule has 1 aromatic carbocycles. The Bertz CT molecular complexity index is 986. The van der Waals surface area contributed by atoms with E-state index in [-0.39, 0.29) is 11.5 Å². The molecule has 0 bridgehead atoms. The predicted octanol–water partition coefficient (Wildman–Crippen LogP) is 1.39. The van der Waals surface area contributed by atoms with E-state index < -0.39 is 0 Å². The molecule has 6 nitrogen and oxygen atoms in total. The number of carbonyl (C=O) groups is 1. The van der Waals surface area contributed by atoms with Gasteiger partial charge in [-0.25, -0.2) is 4.98 Å². The molecule has 3 heterocycles. The lowest BCUT2D eigenvalue weighted by molar-refractivity contribution is -0.131. The average Bonchev–Trinajstić information content (AvgIpc) is 3.01. The van der Waals surface area contributed by atoms with E-state index in [4.69, 9.17) is 0 Å². The van der Waals surface area contributed by atoms with Crippen LogP contribution < -0.4 is 5.56 Å². The van der Waals surface area contributed by atoms with Crippen molar-refractivity contribution in [1.82, 2.24) is 19.4 Å². The van der Waals surface area contributed by atoms with Crippen molar-refractivity contribution >= 4 is 16.8 Å². The van der Waals surface area contributed by atoms with E-state index in [1.807, 2.05) is 30.5 Å². The molecule has 0 saturated carbocycles. The Morgan fingerprint density at radius 3 is 3.04 bits per heavy atom. The number of carbonyl (C=O) groups excluding carboxylic acids is 1. The summed E-state index contributed by atoms with van der Waals surface area (Å²) in [6, 6.07) is 7.96. The highest BCUT2D eigenvalue weighted by Gasteiger charge is 2.24. The van der Waals surface area contributed by atoms with Gasteiger partial charge in [0.2, 0.25) is 5.91 Å². The standard InChI is InChI=1S/C18H18N4O2/c1-21-11-20-16-10-22(7-6-14(16)18(21)24)17(23)8-12-9-19-15-5-3-2-4-13(12)15/h2-5,9,11,19H,6-8,10H2,1H3. The molecule has 0 atom stereocenters. The number of fused-ring (bicyclic) bond motifs is 2. The van der Waals surface area contributed by atoms with Gasteiger partial charge in [0.25, 0.3) is 5.56 Å². The van der Waals surface area contributed by atoms with Crippen molar-refractivity contribution in [2.45, 2.75) is 19.4 Å². The molecule has 0 aliphatic carbocycles. The first-order chi connectivity index (χ1) is 11.6. The normalized spacial score (nSPS) is 14.0. The van der Waals surface area contributed by atoms with Crippen LogP contribution in [0.1, 0.15) is 16.8 Å². The van der Waals surface area contributed by atoms with Crippen LogP contribution in [0.3, 0.4) is 0 Å². The van der Waals surface area contributed by atoms with Gasteiger partial charge in [-0.2, -0.15) is 0 Å². The molecular formula is C18H18N4O2. The number of hydrogen-bond acceptors (Lipinski definition) is 3. The second kappa shape index (κ2) is 5.63. The summed E-state index contributed by atoms with van der Waals surface area (Å²) in [5, 5.41) is 1.08. The van der Waals surface area contributed by atoms with Gasteiger partial charge in [0.15, 0.2) is 0 Å². The number of rotatable bonds is 2. The molecule has 0 fully saturated rings. The summed E-state index contributed by atoms with van der Waals surface area (Å²) >= 11 is 0. The molecule has 4 rings (SSSR count). The number of aromatic nitrogens is 3. The molecule has 1 aliphatic rings. The fourth-order valence-corrected chi connectivity index (χ4v) is 3.28. The Morgan fingerprint density at radius 1 is 1.33 bits per heavy atom. The van der Waals surface area contributed by atoms with E-state index in [2.05, 4.69) is 9.97 Å². The van der Waals surface area contributed by atoms with Crippen molar-refractivity contribution < 1.29 is 4.79 Å². The van der Waals surface area contributed by atoms with Gasteiger partial charge in [-0.05, 0) is 18.1 Å². The zero-order chi connectivity index (χ0) is 16.7. The monoisotopic (exact) mass is 322 g/mol. The van der Waals surface area contributed by atoms with Crippen LogP contribution in [0.5, 0.6) is 0 Å². The van der Waals surface area contributed by atoms with E-state index in [1.165, 1.54) is 10.9 Å². The van der Waals surface area contributed by atoms with Crippen molar-refractivity contribution in [3.63, 3.8) is 0 Å². The Labute approximate surface area is 138 Å². The van der Waals surface area contributed by atoms with Gasteiger partial charge in [-0.3, -0.25) is 9.59 Å². The van der Waals surface area contributed by atoms with Gasteiger partial charge in [-0.15, -0.1) is 0 Å². The number of aryl methyl sites for hydroxylation is 1. The largest absolute Gasteiger partial charge is 0.361 e. The highest BCUT2D eigenvalue weighted by molar-refractivity contribution is 5.88. The lowest BCUT2D eigenvalue weighted by atomic mass is 10.0. The summed E-state index contributed by atoms with van der Waals surface area (Å²) in [7, 11) is 1.70. The summed E-state index contributed by atoms with van der Waals surface area (Å²) in [6.45, 7) is 0.974. The molecule has 1 aliphatic heterocycles. The molecule has 3 aromatic rings. The molecular weight excluding hydrogens is 304 g/mol. The zero-order valence-electron chi connectivity index (χ0n) is 13.5. The number of H-pyrrole nitrogens is 1. The number of nitrogens with zero attached hydrogens (tertiary/aromatic N) is 3. The lowest BCUT2D eigenvalue weighted by Crippen LogP contribution is -2.40. The van der Waals surface area contributed by atoms with Crippen LogP contribution in [-0.4, -0.2) is 31.9 Å². The highest BCUT2D eigenvalue weighted by atomic mass is 16.2. The molecule has 122 valence electrons. The summed E-state index contributed by atoms with van der Waals surface area (Å²) in [4.78, 5) is 34.1. The lowest BCUT2D eigenvalue weighted by Gasteiger charge is -2.27. The maximum absolute atomic E-state index is 12.7. The van der Waals surface area contributed by atoms with Gasteiger partial charge < -0.3 is 14.5 Å². The van der Waals surface area contributed by atoms with Gasteiger partial charge in [-0.1, -0.05) is 18.2 Å². The molecule has 0 unspecified atom stereocenters. The van der Waals surface area contributed by atoms with Gasteiger partial charge in [0.1, 0.15) is 0 Å². The zero-order valence-corrected chi connectivity index (χ0v) is 13.5. The molecule has 6 heteroatoms. The SMILES string of the molecule is Cn1cnc2c(c1=O)CCN(C(=O)Cc1c[nH]c3ccccc13)C2. The minimum atomic E-state index is -0.0104.